The summed E-state index contributed by atoms with van der Waals surface area (Å²) < 4.78 is 0. The van der Waals surface area contributed by atoms with Crippen LogP contribution in [0.25, 0.3) is 10.8 Å². The number of hydrogen-bond acceptors (Lipinski definition) is 1. The van der Waals surface area contributed by atoms with E-state index in [0.29, 0.717) is 0 Å². The summed E-state index contributed by atoms with van der Waals surface area (Å²) in [4.78, 5) is 8.12. The van der Waals surface area contributed by atoms with E-state index in [9.17, 15) is 0 Å². The zero-order valence-corrected chi connectivity index (χ0v) is 15.5. The normalized spacial score (nSPS) is 9.38. The Balaban J connectivity index is 0.000000275. The van der Waals surface area contributed by atoms with Gasteiger partial charge < -0.3 is 4.89 Å². The quantitative estimate of drug-likeness (QED) is 0.370. The van der Waals surface area contributed by atoms with Crippen molar-refractivity contribution in [2.24, 2.45) is 0 Å². The molecule has 2 rings (SSSR count). The zero-order chi connectivity index (χ0) is 12.4. The van der Waals surface area contributed by atoms with Gasteiger partial charge in [0.2, 0.25) is 0 Å². The third-order valence-corrected chi connectivity index (χ3v) is 1.55. The van der Waals surface area contributed by atoms with Crippen LogP contribution in [0.4, 0.5) is 0 Å². The van der Waals surface area contributed by atoms with E-state index in [4.69, 9.17) is 4.89 Å². The van der Waals surface area contributed by atoms with Gasteiger partial charge in [-0.15, -0.1) is 29.7 Å². The van der Waals surface area contributed by atoms with Crippen LogP contribution in [-0.4, -0.2) is 18.2 Å². The topological polar surface area (TPSA) is 20.2 Å². The van der Waals surface area contributed by atoms with Gasteiger partial charge in [0, 0.05) is 8.15 Å². The molecule has 0 aliphatic carbocycles. The van der Waals surface area contributed by atoms with Crippen LogP contribution in [0.2, 0.25) is 0 Å². The van der Waals surface area contributed by atoms with E-state index in [1.54, 1.807) is 13.3 Å². The first-order valence-corrected chi connectivity index (χ1v) is 17.1. The van der Waals surface area contributed by atoms with Gasteiger partial charge in [-0.05, 0) is 13.3 Å². The molecule has 1 N–H and O–H groups in total. The molecule has 1 nitrogen and oxygen atoms in total. The van der Waals surface area contributed by atoms with Gasteiger partial charge in [-0.3, -0.25) is 0 Å². The molecular formula is C11H14Br2IrOP. The molecule has 5 heteroatoms. The van der Waals surface area contributed by atoms with E-state index in [0.717, 1.165) is 0 Å². The van der Waals surface area contributed by atoms with Gasteiger partial charge >= 0.3 is 40.7 Å². The number of fused-ring (bicyclic) bond motifs is 1. The van der Waals surface area contributed by atoms with Crippen LogP contribution in [0.15, 0.2) is 42.5 Å². The number of benzene rings is 1. The summed E-state index contributed by atoms with van der Waals surface area (Å²) in [6, 6.07) is 14.7. The molecule has 92 valence electrons. The first kappa shape index (κ1) is 16.8. The average molecular weight is 545 g/mol. The Bertz CT molecular complexity index is 346. The summed E-state index contributed by atoms with van der Waals surface area (Å²) >= 11 is 6.50. The van der Waals surface area contributed by atoms with Crippen molar-refractivity contribution in [3.63, 3.8) is 0 Å². The molecule has 0 radical (unpaired) electrons. The number of rotatable bonds is 0. The molecule has 0 fully saturated rings. The van der Waals surface area contributed by atoms with Crippen LogP contribution in [0, 0.1) is 0 Å². The molecule has 0 bridgehead atoms. The van der Waals surface area contributed by atoms with Gasteiger partial charge in [0.15, 0.2) is 0 Å². The zero-order valence-electron chi connectivity index (χ0n) is 9.03. The fourth-order valence-electron chi connectivity index (χ4n) is 1.07. The molecular weight excluding hydrogens is 531 g/mol. The minimum atomic E-state index is -0.620. The molecule has 16 heavy (non-hydrogen) atoms. The molecule has 0 saturated carbocycles. The van der Waals surface area contributed by atoms with E-state index in [1.165, 1.54) is 10.8 Å². The van der Waals surface area contributed by atoms with Crippen LogP contribution in [0.1, 0.15) is 0 Å². The predicted octanol–water partition coefficient (Wildman–Crippen LogP) is 4.88. The Hall–Kier alpha value is 0.829. The minimum Gasteiger partial charge on any atom is -0.168 e. The van der Waals surface area contributed by atoms with E-state index in [1.807, 2.05) is 0 Å². The molecule has 2 aromatic rings. The first-order chi connectivity index (χ1) is 7.61. The Kier molecular flexibility index (Phi) is 11.5. The maximum Gasteiger partial charge on any atom is -0.0809 e. The van der Waals surface area contributed by atoms with Gasteiger partial charge in [-0.2, -0.15) is 17.5 Å². The molecule has 0 amide bonds. The third-order valence-electron chi connectivity index (χ3n) is 1.55. The fourth-order valence-corrected chi connectivity index (χ4v) is 1.07. The van der Waals surface area contributed by atoms with Crippen LogP contribution < -0.4 is 0 Å². The third kappa shape index (κ3) is 8.92. The largest absolute Gasteiger partial charge is 0.168 e. The molecule has 0 unspecified atom stereocenters. The molecule has 0 atom stereocenters. The summed E-state index contributed by atoms with van der Waals surface area (Å²) in [6.45, 7) is 3.57. The van der Waals surface area contributed by atoms with Gasteiger partial charge in [-0.1, -0.05) is 6.07 Å². The minimum absolute atomic E-state index is 0.125. The van der Waals surface area contributed by atoms with Crippen molar-refractivity contribution in [1.29, 1.82) is 0 Å². The van der Waals surface area contributed by atoms with Crippen LogP contribution >= 0.6 is 35.1 Å². The Labute approximate surface area is 119 Å². The molecule has 2 aromatic carbocycles. The summed E-state index contributed by atoms with van der Waals surface area (Å²) in [5, 5.41) is 2.66. The average Bonchev–Trinajstić information content (AvgIpc) is 2.65. The molecule has 0 aromatic heterocycles. The van der Waals surface area contributed by atoms with Crippen molar-refractivity contribution >= 4 is 45.9 Å². The molecule has 0 saturated heterocycles. The summed E-state index contributed by atoms with van der Waals surface area (Å²) in [5.74, 6) is 0. The smallest absolute Gasteiger partial charge is 0.0809 e. The van der Waals surface area contributed by atoms with Gasteiger partial charge in [0.25, 0.3) is 0 Å². The molecule has 0 aliphatic rings. The van der Waals surface area contributed by atoms with Crippen LogP contribution in [0.3, 0.4) is 0 Å². The van der Waals surface area contributed by atoms with Gasteiger partial charge in [0.1, 0.15) is 0 Å². The summed E-state index contributed by atoms with van der Waals surface area (Å²) in [5.41, 5.74) is 0. The van der Waals surface area contributed by atoms with E-state index in [-0.39, 0.29) is 13.7 Å². The number of hydrogen-bond donors (Lipinski definition) is 1. The van der Waals surface area contributed by atoms with E-state index >= 15 is 0 Å². The van der Waals surface area contributed by atoms with E-state index in [2.05, 4.69) is 69.5 Å². The molecule has 0 aliphatic heterocycles. The Morgan fingerprint density at radius 3 is 2.19 bits per heavy atom. The number of halogens is 2. The predicted molar refractivity (Wildman–Crippen MR) is 78.4 cm³/mol. The van der Waals surface area contributed by atoms with Crippen molar-refractivity contribution in [2.45, 2.75) is 0 Å². The van der Waals surface area contributed by atoms with Crippen LogP contribution in [0.5, 0.6) is 0 Å². The summed E-state index contributed by atoms with van der Waals surface area (Å²) in [7, 11) is -0.620. The van der Waals surface area contributed by atoms with Gasteiger partial charge in [-0.25, -0.2) is 0 Å². The van der Waals surface area contributed by atoms with Crippen LogP contribution in [-0.2, 0) is 13.7 Å². The fraction of sp³-hybridized carbons (Fsp3) is 0.182. The second-order valence-electron chi connectivity index (χ2n) is 3.05. The second kappa shape index (κ2) is 11.0. The maximum atomic E-state index is 8.12. The van der Waals surface area contributed by atoms with E-state index < -0.39 is 8.15 Å². The Morgan fingerprint density at radius 1 is 1.19 bits per heavy atom. The van der Waals surface area contributed by atoms with Crippen molar-refractivity contribution in [1.82, 2.24) is 0 Å². The second-order valence-corrected chi connectivity index (χ2v) is 15.2. The Morgan fingerprint density at radius 2 is 1.69 bits per heavy atom. The van der Waals surface area contributed by atoms with Crippen molar-refractivity contribution in [2.75, 3.05) is 13.3 Å². The monoisotopic (exact) mass is 544 g/mol. The summed E-state index contributed by atoms with van der Waals surface area (Å²) in [6.07, 6.45) is 0. The molecule has 0 heterocycles. The van der Waals surface area contributed by atoms with Gasteiger partial charge in [0.05, 0.1) is 0 Å². The molecule has 0 spiro atoms. The SMILES string of the molecule is CP(C)O.[Br][Ir+][Br].c1ccc2[cH-]ccc2c1. The first-order valence-electron chi connectivity index (χ1n) is 4.42. The van der Waals surface area contributed by atoms with Crippen molar-refractivity contribution in [3.05, 3.63) is 42.5 Å². The maximum absolute atomic E-state index is 8.12. The van der Waals surface area contributed by atoms with Crippen molar-refractivity contribution in [3.8, 4) is 0 Å². The standard InChI is InChI=1S/C9H7.C2H7OP.2BrH.Ir/c1-2-5-9-7-3-6-8(9)4-1;1-4(2)3;;;/h1-7H;3H,1-2H3;2*1H;/q-1;;;;+3/p-2. The van der Waals surface area contributed by atoms with Crippen molar-refractivity contribution < 1.29 is 18.6 Å².